The molecular weight excluding hydrogens is 508 g/mol. The normalized spacial score (nSPS) is 24.4. The molecular formula is C28H32N2O9. The number of amides is 1. The van der Waals surface area contributed by atoms with Crippen LogP contribution in [0.25, 0.3) is 11.8 Å². The summed E-state index contributed by atoms with van der Waals surface area (Å²) in [6.07, 6.45) is 3.89. The van der Waals surface area contributed by atoms with Crippen LogP contribution in [0.5, 0.6) is 5.75 Å². The number of carbonyl (C=O) groups excluding carboxylic acids is 4. The summed E-state index contributed by atoms with van der Waals surface area (Å²) >= 11 is 0. The second-order valence-corrected chi connectivity index (χ2v) is 10.3. The zero-order valence-corrected chi connectivity index (χ0v) is 22.0. The van der Waals surface area contributed by atoms with Gasteiger partial charge in [-0.1, -0.05) is 13.3 Å². The number of primary amides is 1. The van der Waals surface area contributed by atoms with E-state index in [0.29, 0.717) is 17.7 Å². The molecule has 0 bridgehead atoms. The van der Waals surface area contributed by atoms with Gasteiger partial charge in [0, 0.05) is 49.3 Å². The van der Waals surface area contributed by atoms with Gasteiger partial charge in [-0.05, 0) is 42.9 Å². The maximum absolute atomic E-state index is 13.7. The standard InChI is InChI=1S/C28H32N2O9/c1-4-5-8-39-19(32)7-6-13-11-17(30(2)3)16-10-14-9-15-12-18(31)22(27(29)37)26(36)28(15,38)25(35)20(14)24(34)21(16)23(13)33/h6-7,11,14-15,33-34,36,38H,4-5,8-10,12H2,1-3H3,(H2,29,37)/b7-6+. The zero-order chi connectivity index (χ0) is 28.8. The summed E-state index contributed by atoms with van der Waals surface area (Å²) < 4.78 is 5.11. The van der Waals surface area contributed by atoms with E-state index in [-0.39, 0.29) is 42.6 Å². The molecule has 0 aliphatic heterocycles. The van der Waals surface area contributed by atoms with Gasteiger partial charge in [0.15, 0.2) is 11.4 Å². The number of nitrogens with zero attached hydrogens (tertiary/aromatic N) is 1. The predicted molar refractivity (Wildman–Crippen MR) is 141 cm³/mol. The molecule has 1 fully saturated rings. The number of carbonyl (C=O) groups is 4. The first-order chi connectivity index (χ1) is 18.3. The highest BCUT2D eigenvalue weighted by Gasteiger charge is 2.60. The first-order valence-corrected chi connectivity index (χ1v) is 12.7. The molecule has 3 unspecified atom stereocenters. The number of fused-ring (bicyclic) bond motifs is 3. The van der Waals surface area contributed by atoms with Crippen LogP contribution in [-0.4, -0.2) is 70.2 Å². The molecule has 11 heteroatoms. The maximum Gasteiger partial charge on any atom is 0.330 e. The largest absolute Gasteiger partial charge is 0.508 e. The van der Waals surface area contributed by atoms with Gasteiger partial charge in [-0.25, -0.2) is 4.79 Å². The van der Waals surface area contributed by atoms with Crippen molar-refractivity contribution >= 4 is 41.0 Å². The van der Waals surface area contributed by atoms with Crippen LogP contribution in [0.1, 0.15) is 49.3 Å². The van der Waals surface area contributed by atoms with Gasteiger partial charge < -0.3 is 35.8 Å². The van der Waals surface area contributed by atoms with E-state index in [4.69, 9.17) is 10.5 Å². The number of Topliss-reactive ketones (excluding diaryl/α,β-unsaturated/α-hetero) is 2. The molecule has 4 rings (SSSR count). The van der Waals surface area contributed by atoms with Gasteiger partial charge in [-0.3, -0.25) is 14.4 Å². The van der Waals surface area contributed by atoms with Crippen molar-refractivity contribution in [1.29, 1.82) is 0 Å². The number of ether oxygens (including phenoxy) is 1. The lowest BCUT2D eigenvalue weighted by atomic mass is 9.59. The number of esters is 1. The Bertz CT molecular complexity index is 1370. The molecule has 3 aliphatic carbocycles. The number of benzene rings is 1. The van der Waals surface area contributed by atoms with Crippen LogP contribution in [0.2, 0.25) is 0 Å². The molecule has 0 radical (unpaired) electrons. The number of aromatic hydroxyl groups is 1. The molecule has 0 saturated heterocycles. The van der Waals surface area contributed by atoms with E-state index in [1.165, 1.54) is 6.08 Å². The molecule has 1 aromatic rings. The SMILES string of the molecule is CCCCOC(=O)/C=C/c1cc(N(C)C)c2c(c1O)C(O)=C1C(=O)C3(O)C(O)=C(C(N)=O)C(=O)CC3CC1C2. The Labute approximate surface area is 224 Å². The molecule has 1 aromatic carbocycles. The quantitative estimate of drug-likeness (QED) is 0.148. The van der Waals surface area contributed by atoms with Crippen molar-refractivity contribution < 1.29 is 44.3 Å². The maximum atomic E-state index is 13.7. The first kappa shape index (κ1) is 27.9. The van der Waals surface area contributed by atoms with Gasteiger partial charge in [-0.15, -0.1) is 0 Å². The molecule has 3 atom stereocenters. The molecule has 11 nitrogen and oxygen atoms in total. The molecule has 1 amide bonds. The molecule has 0 aromatic heterocycles. The Morgan fingerprint density at radius 3 is 2.51 bits per heavy atom. The van der Waals surface area contributed by atoms with E-state index in [0.717, 1.165) is 12.5 Å². The van der Waals surface area contributed by atoms with E-state index in [1.807, 2.05) is 6.92 Å². The van der Waals surface area contributed by atoms with Gasteiger partial charge >= 0.3 is 5.97 Å². The summed E-state index contributed by atoms with van der Waals surface area (Å²) in [5.41, 5.74) is 2.79. The second kappa shape index (κ2) is 10.2. The molecule has 1 saturated carbocycles. The summed E-state index contributed by atoms with van der Waals surface area (Å²) in [7, 11) is 3.52. The van der Waals surface area contributed by atoms with Crippen molar-refractivity contribution in [3.63, 3.8) is 0 Å². The van der Waals surface area contributed by atoms with E-state index in [1.54, 1.807) is 25.1 Å². The lowest BCUT2D eigenvalue weighted by Crippen LogP contribution is -2.58. The summed E-state index contributed by atoms with van der Waals surface area (Å²) in [5.74, 6) is -7.51. The summed E-state index contributed by atoms with van der Waals surface area (Å²) in [5, 5.41) is 44.6. The lowest BCUT2D eigenvalue weighted by Gasteiger charge is -2.46. The third-order valence-corrected chi connectivity index (χ3v) is 7.69. The van der Waals surface area contributed by atoms with Crippen molar-refractivity contribution in [2.75, 3.05) is 25.6 Å². The third-order valence-electron chi connectivity index (χ3n) is 7.69. The van der Waals surface area contributed by atoms with Crippen LogP contribution >= 0.6 is 0 Å². The average molecular weight is 541 g/mol. The Morgan fingerprint density at radius 2 is 1.90 bits per heavy atom. The third kappa shape index (κ3) is 4.46. The van der Waals surface area contributed by atoms with Gasteiger partial charge in [0.1, 0.15) is 22.8 Å². The van der Waals surface area contributed by atoms with Crippen LogP contribution in [-0.2, 0) is 30.3 Å². The summed E-state index contributed by atoms with van der Waals surface area (Å²) in [4.78, 5) is 51.8. The molecule has 0 spiro atoms. The Balaban J connectivity index is 1.84. The molecule has 6 N–H and O–H groups in total. The first-order valence-electron chi connectivity index (χ1n) is 12.7. The number of rotatable bonds is 7. The molecule has 39 heavy (non-hydrogen) atoms. The van der Waals surface area contributed by atoms with Crippen molar-refractivity contribution in [2.45, 2.75) is 44.6 Å². The number of ketones is 2. The monoisotopic (exact) mass is 540 g/mol. The second-order valence-electron chi connectivity index (χ2n) is 10.3. The van der Waals surface area contributed by atoms with Crippen LogP contribution in [0, 0.1) is 11.8 Å². The predicted octanol–water partition coefficient (Wildman–Crippen LogP) is 1.85. The molecule has 0 heterocycles. The van der Waals surface area contributed by atoms with Crippen LogP contribution in [0.15, 0.2) is 29.0 Å². The Morgan fingerprint density at radius 1 is 1.21 bits per heavy atom. The average Bonchev–Trinajstić information content (AvgIpc) is 2.85. The number of nitrogens with two attached hydrogens (primary N) is 1. The highest BCUT2D eigenvalue weighted by molar-refractivity contribution is 6.22. The number of unbranched alkanes of at least 4 members (excludes halogenated alkanes) is 1. The summed E-state index contributed by atoms with van der Waals surface area (Å²) in [6, 6.07) is 1.64. The number of phenolic OH excluding ortho intramolecular Hbond substituents is 1. The van der Waals surface area contributed by atoms with Crippen LogP contribution in [0.4, 0.5) is 5.69 Å². The summed E-state index contributed by atoms with van der Waals surface area (Å²) in [6.45, 7) is 2.21. The number of aliphatic hydroxyl groups is 3. The minimum atomic E-state index is -2.63. The fourth-order valence-electron chi connectivity index (χ4n) is 5.74. The lowest BCUT2D eigenvalue weighted by molar-refractivity contribution is -0.147. The van der Waals surface area contributed by atoms with Gasteiger partial charge in [0.05, 0.1) is 12.2 Å². The van der Waals surface area contributed by atoms with Crippen molar-refractivity contribution in [3.05, 3.63) is 45.7 Å². The number of phenols is 1. The van der Waals surface area contributed by atoms with Crippen LogP contribution in [0.3, 0.4) is 0 Å². The number of anilines is 1. The van der Waals surface area contributed by atoms with E-state index in [2.05, 4.69) is 0 Å². The highest BCUT2D eigenvalue weighted by atomic mass is 16.5. The van der Waals surface area contributed by atoms with Crippen molar-refractivity contribution in [2.24, 2.45) is 17.6 Å². The number of aliphatic hydroxyl groups excluding tert-OH is 2. The minimum Gasteiger partial charge on any atom is -0.508 e. The van der Waals surface area contributed by atoms with E-state index >= 15 is 0 Å². The minimum absolute atomic E-state index is 0.0435. The van der Waals surface area contributed by atoms with Gasteiger partial charge in [0.2, 0.25) is 5.78 Å². The highest BCUT2D eigenvalue weighted by Crippen LogP contribution is 2.53. The Kier molecular flexibility index (Phi) is 7.31. The van der Waals surface area contributed by atoms with Crippen LogP contribution < -0.4 is 10.6 Å². The molecule has 208 valence electrons. The topological polar surface area (TPSA) is 188 Å². The van der Waals surface area contributed by atoms with Crippen molar-refractivity contribution in [3.8, 4) is 5.75 Å². The van der Waals surface area contributed by atoms with Gasteiger partial charge in [0.25, 0.3) is 5.91 Å². The van der Waals surface area contributed by atoms with Gasteiger partial charge in [-0.2, -0.15) is 0 Å². The fraction of sp³-hybridized carbons (Fsp3) is 0.429. The van der Waals surface area contributed by atoms with E-state index < -0.39 is 63.7 Å². The molecule has 3 aliphatic rings. The smallest absolute Gasteiger partial charge is 0.330 e. The van der Waals surface area contributed by atoms with Crippen molar-refractivity contribution in [1.82, 2.24) is 0 Å². The fourth-order valence-corrected chi connectivity index (χ4v) is 5.74. The zero-order valence-electron chi connectivity index (χ0n) is 22.0. The number of hydrogen-bond donors (Lipinski definition) is 5. The number of hydrogen-bond acceptors (Lipinski definition) is 10. The Hall–Kier alpha value is -4.12. The van der Waals surface area contributed by atoms with E-state index in [9.17, 15) is 39.6 Å².